The number of unbranched alkanes of at least 4 members (excludes halogenated alkanes) is 2. The standard InChI is InChI=1S/C19H23N5O2/c1-3-24-12-20-16-10-9-14(11-17(16)24)22-18(25)8-6-4-5-7-15-13(2)21-19(26)23-15/h1,9-13,15H,4-8H2,2H3,(H,22,25)(H2,21,23,26). The number of fused-ring (bicyclic) bond motifs is 1. The highest BCUT2D eigenvalue weighted by Crippen LogP contribution is 2.18. The monoisotopic (exact) mass is 353 g/mol. The Labute approximate surface area is 152 Å². The SMILES string of the molecule is C#Cn1cnc2ccc(NC(=O)CCCCCC3NC(=O)NC3C)cc21. The average molecular weight is 353 g/mol. The van der Waals surface area contributed by atoms with Crippen LogP contribution in [-0.2, 0) is 4.79 Å². The van der Waals surface area contributed by atoms with Gasteiger partial charge in [-0.25, -0.2) is 9.78 Å². The third-order valence-electron chi connectivity index (χ3n) is 4.67. The number of terminal acetylenes is 1. The van der Waals surface area contributed by atoms with E-state index in [1.165, 1.54) is 0 Å². The summed E-state index contributed by atoms with van der Waals surface area (Å²) in [5.41, 5.74) is 2.31. The van der Waals surface area contributed by atoms with Crippen LogP contribution in [0.5, 0.6) is 0 Å². The van der Waals surface area contributed by atoms with Gasteiger partial charge in [-0.2, -0.15) is 0 Å². The van der Waals surface area contributed by atoms with E-state index < -0.39 is 0 Å². The molecule has 1 aliphatic rings. The molecule has 26 heavy (non-hydrogen) atoms. The summed E-state index contributed by atoms with van der Waals surface area (Å²) in [4.78, 5) is 27.5. The molecule has 2 atom stereocenters. The molecular weight excluding hydrogens is 330 g/mol. The lowest BCUT2D eigenvalue weighted by molar-refractivity contribution is -0.116. The zero-order valence-corrected chi connectivity index (χ0v) is 14.8. The van der Waals surface area contributed by atoms with Crippen molar-refractivity contribution in [2.75, 3.05) is 5.32 Å². The smallest absolute Gasteiger partial charge is 0.315 e. The molecular formula is C19H23N5O2. The number of aromatic nitrogens is 2. The van der Waals surface area contributed by atoms with Crippen molar-refractivity contribution in [1.29, 1.82) is 0 Å². The van der Waals surface area contributed by atoms with Crippen molar-refractivity contribution >= 4 is 28.7 Å². The van der Waals surface area contributed by atoms with Gasteiger partial charge < -0.3 is 16.0 Å². The summed E-state index contributed by atoms with van der Waals surface area (Å²) >= 11 is 0. The third kappa shape index (κ3) is 4.14. The highest BCUT2D eigenvalue weighted by molar-refractivity contribution is 5.93. The number of hydrogen-bond acceptors (Lipinski definition) is 3. The summed E-state index contributed by atoms with van der Waals surface area (Å²) in [6.07, 6.45) is 11.2. The zero-order valence-electron chi connectivity index (χ0n) is 14.8. The van der Waals surface area contributed by atoms with Gasteiger partial charge in [0.1, 0.15) is 6.33 Å². The lowest BCUT2D eigenvalue weighted by atomic mass is 10.0. The van der Waals surface area contributed by atoms with E-state index in [0.717, 1.165) is 36.7 Å². The maximum atomic E-state index is 12.1. The predicted molar refractivity (Wildman–Crippen MR) is 101 cm³/mol. The van der Waals surface area contributed by atoms with Crippen LogP contribution in [0.4, 0.5) is 10.5 Å². The first kappa shape index (κ1) is 17.8. The van der Waals surface area contributed by atoms with Gasteiger partial charge in [0.2, 0.25) is 5.91 Å². The summed E-state index contributed by atoms with van der Waals surface area (Å²) in [6.45, 7) is 2.00. The molecule has 0 saturated carbocycles. The maximum absolute atomic E-state index is 12.1. The van der Waals surface area contributed by atoms with Gasteiger partial charge in [-0.05, 0) is 38.0 Å². The molecule has 3 N–H and O–H groups in total. The summed E-state index contributed by atoms with van der Waals surface area (Å²) in [6, 6.07) is 8.27. The van der Waals surface area contributed by atoms with Crippen molar-refractivity contribution in [1.82, 2.24) is 20.2 Å². The lowest BCUT2D eigenvalue weighted by Gasteiger charge is -2.13. The van der Waals surface area contributed by atoms with Crippen molar-refractivity contribution in [3.05, 3.63) is 24.5 Å². The Kier molecular flexibility index (Phi) is 5.42. The minimum absolute atomic E-state index is 0.0136. The van der Waals surface area contributed by atoms with Crippen LogP contribution in [0.2, 0.25) is 0 Å². The summed E-state index contributed by atoms with van der Waals surface area (Å²) in [5, 5.41) is 8.65. The van der Waals surface area contributed by atoms with Crippen molar-refractivity contribution in [3.8, 4) is 12.5 Å². The van der Waals surface area contributed by atoms with Gasteiger partial charge in [-0.15, -0.1) is 0 Å². The zero-order chi connectivity index (χ0) is 18.5. The van der Waals surface area contributed by atoms with E-state index in [9.17, 15) is 9.59 Å². The number of nitrogens with zero attached hydrogens (tertiary/aromatic N) is 2. The molecule has 2 aromatic rings. The number of nitrogens with one attached hydrogen (secondary N) is 3. The molecule has 7 heteroatoms. The molecule has 0 spiro atoms. The molecule has 1 aromatic carbocycles. The fourth-order valence-electron chi connectivity index (χ4n) is 3.20. The number of urea groups is 1. The first-order chi connectivity index (χ1) is 12.6. The minimum Gasteiger partial charge on any atom is -0.334 e. The first-order valence-corrected chi connectivity index (χ1v) is 8.87. The van der Waals surface area contributed by atoms with E-state index in [4.69, 9.17) is 6.42 Å². The van der Waals surface area contributed by atoms with E-state index in [2.05, 4.69) is 27.0 Å². The molecule has 1 fully saturated rings. The largest absolute Gasteiger partial charge is 0.334 e. The Balaban J connectivity index is 1.40. The van der Waals surface area contributed by atoms with E-state index >= 15 is 0 Å². The fraction of sp³-hybridized carbons (Fsp3) is 0.421. The molecule has 136 valence electrons. The van der Waals surface area contributed by atoms with Gasteiger partial charge >= 0.3 is 6.03 Å². The first-order valence-electron chi connectivity index (χ1n) is 8.87. The molecule has 3 amide bonds. The average Bonchev–Trinajstić information content (AvgIpc) is 3.16. The molecule has 1 aliphatic heterocycles. The Hall–Kier alpha value is -3.01. The second kappa shape index (κ2) is 7.91. The summed E-state index contributed by atoms with van der Waals surface area (Å²) in [7, 11) is 0. The van der Waals surface area contributed by atoms with Crippen molar-refractivity contribution in [2.24, 2.45) is 0 Å². The fourth-order valence-corrected chi connectivity index (χ4v) is 3.20. The van der Waals surface area contributed by atoms with E-state index in [0.29, 0.717) is 12.1 Å². The molecule has 7 nitrogen and oxygen atoms in total. The second-order valence-corrected chi connectivity index (χ2v) is 6.61. The minimum atomic E-state index is -0.0926. The number of imidazole rings is 1. The molecule has 1 saturated heterocycles. The Morgan fingerprint density at radius 2 is 2.19 bits per heavy atom. The van der Waals surface area contributed by atoms with Gasteiger partial charge in [-0.1, -0.05) is 19.3 Å². The van der Waals surface area contributed by atoms with Crippen LogP contribution in [0.15, 0.2) is 24.5 Å². The van der Waals surface area contributed by atoms with Crippen molar-refractivity contribution < 1.29 is 9.59 Å². The number of carbonyl (C=O) groups is 2. The highest BCUT2D eigenvalue weighted by Gasteiger charge is 2.26. The lowest BCUT2D eigenvalue weighted by Crippen LogP contribution is -2.30. The van der Waals surface area contributed by atoms with Crippen LogP contribution in [0.1, 0.15) is 39.0 Å². The molecule has 0 aliphatic carbocycles. The summed E-state index contributed by atoms with van der Waals surface area (Å²) < 4.78 is 1.59. The number of anilines is 1. The third-order valence-corrected chi connectivity index (χ3v) is 4.67. The Morgan fingerprint density at radius 1 is 1.35 bits per heavy atom. The Bertz CT molecular complexity index is 851. The second-order valence-electron chi connectivity index (χ2n) is 6.61. The normalized spacial score (nSPS) is 19.0. The van der Waals surface area contributed by atoms with Gasteiger partial charge in [-0.3, -0.25) is 9.36 Å². The number of carbonyl (C=O) groups excluding carboxylic acids is 2. The molecule has 2 heterocycles. The molecule has 0 bridgehead atoms. The van der Waals surface area contributed by atoms with Crippen LogP contribution >= 0.6 is 0 Å². The van der Waals surface area contributed by atoms with Gasteiger partial charge in [0.05, 0.1) is 17.1 Å². The maximum Gasteiger partial charge on any atom is 0.315 e. The number of rotatable bonds is 7. The topological polar surface area (TPSA) is 88.1 Å². The van der Waals surface area contributed by atoms with E-state index in [-0.39, 0.29) is 24.0 Å². The van der Waals surface area contributed by atoms with Crippen molar-refractivity contribution in [3.63, 3.8) is 0 Å². The summed E-state index contributed by atoms with van der Waals surface area (Å²) in [5.74, 6) is -0.0136. The number of benzene rings is 1. The molecule has 0 radical (unpaired) electrons. The van der Waals surface area contributed by atoms with Gasteiger partial charge in [0.15, 0.2) is 0 Å². The van der Waals surface area contributed by atoms with Crippen LogP contribution < -0.4 is 16.0 Å². The van der Waals surface area contributed by atoms with Crippen LogP contribution in [-0.4, -0.2) is 33.6 Å². The van der Waals surface area contributed by atoms with Gasteiger partial charge in [0.25, 0.3) is 0 Å². The van der Waals surface area contributed by atoms with Crippen LogP contribution in [0.25, 0.3) is 11.0 Å². The molecule has 2 unspecified atom stereocenters. The van der Waals surface area contributed by atoms with Gasteiger partial charge in [0, 0.05) is 24.2 Å². The quantitative estimate of drug-likeness (QED) is 0.528. The van der Waals surface area contributed by atoms with E-state index in [1.807, 2.05) is 25.1 Å². The van der Waals surface area contributed by atoms with Crippen LogP contribution in [0.3, 0.4) is 0 Å². The molecule has 3 rings (SSSR count). The van der Waals surface area contributed by atoms with Crippen molar-refractivity contribution in [2.45, 2.75) is 51.1 Å². The molecule has 1 aromatic heterocycles. The highest BCUT2D eigenvalue weighted by atomic mass is 16.2. The number of hydrogen-bond donors (Lipinski definition) is 3. The van der Waals surface area contributed by atoms with E-state index in [1.54, 1.807) is 10.9 Å². The number of amides is 3. The predicted octanol–water partition coefficient (Wildman–Crippen LogP) is 2.43. The Morgan fingerprint density at radius 3 is 2.92 bits per heavy atom. The van der Waals surface area contributed by atoms with Crippen LogP contribution in [0, 0.1) is 12.5 Å².